The zero-order valence-corrected chi connectivity index (χ0v) is 13.4. The van der Waals surface area contributed by atoms with Crippen molar-refractivity contribution in [2.24, 2.45) is 0 Å². The number of rotatable bonds is 5. The molecule has 3 rings (SSSR count). The van der Waals surface area contributed by atoms with Crippen LogP contribution in [-0.2, 0) is 11.3 Å². The second kappa shape index (κ2) is 6.73. The third-order valence-electron chi connectivity index (χ3n) is 3.73. The molecule has 1 amide bonds. The first-order chi connectivity index (χ1) is 11.1. The fourth-order valence-corrected chi connectivity index (χ4v) is 2.64. The van der Waals surface area contributed by atoms with Gasteiger partial charge in [-0.2, -0.15) is 0 Å². The van der Waals surface area contributed by atoms with Gasteiger partial charge in [0.05, 0.1) is 12.6 Å². The number of hydrogen-bond donors (Lipinski definition) is 0. The van der Waals surface area contributed by atoms with E-state index in [1.807, 2.05) is 68.4 Å². The average Bonchev–Trinajstić information content (AvgIpc) is 2.91. The van der Waals surface area contributed by atoms with Gasteiger partial charge in [0.2, 0.25) is 0 Å². The van der Waals surface area contributed by atoms with Crippen molar-refractivity contribution in [3.63, 3.8) is 0 Å². The molecule has 2 aromatic rings. The van der Waals surface area contributed by atoms with E-state index in [4.69, 9.17) is 9.47 Å². The van der Waals surface area contributed by atoms with Gasteiger partial charge in [-0.05, 0) is 37.1 Å². The molecule has 0 aliphatic carbocycles. The van der Waals surface area contributed by atoms with E-state index >= 15 is 0 Å². The zero-order valence-electron chi connectivity index (χ0n) is 13.4. The van der Waals surface area contributed by atoms with Gasteiger partial charge in [-0.1, -0.05) is 42.5 Å². The van der Waals surface area contributed by atoms with Gasteiger partial charge in [-0.25, -0.2) is 4.79 Å². The normalized spacial score (nSPS) is 17.4. The molecule has 0 saturated carbocycles. The summed E-state index contributed by atoms with van der Waals surface area (Å²) in [7, 11) is 0. The topological polar surface area (TPSA) is 38.8 Å². The van der Waals surface area contributed by atoms with E-state index < -0.39 is 0 Å². The lowest BCUT2D eigenvalue weighted by Gasteiger charge is -2.14. The molecule has 4 heteroatoms. The van der Waals surface area contributed by atoms with E-state index in [1.54, 1.807) is 4.90 Å². The summed E-state index contributed by atoms with van der Waals surface area (Å²) in [6, 6.07) is 17.7. The molecule has 1 aliphatic heterocycles. The van der Waals surface area contributed by atoms with Crippen molar-refractivity contribution in [1.82, 2.24) is 4.90 Å². The van der Waals surface area contributed by atoms with Crippen molar-refractivity contribution in [1.29, 1.82) is 0 Å². The number of ether oxygens (including phenoxy) is 2. The summed E-state index contributed by atoms with van der Waals surface area (Å²) in [5, 5.41) is 0. The Labute approximate surface area is 136 Å². The molecule has 4 nitrogen and oxygen atoms in total. The van der Waals surface area contributed by atoms with Gasteiger partial charge in [-0.15, -0.1) is 0 Å². The maximum atomic E-state index is 12.1. The van der Waals surface area contributed by atoms with Crippen LogP contribution in [0.5, 0.6) is 5.75 Å². The standard InChI is InChI=1S/C19H21NO3/c1-14(2)22-17-10-8-15(9-11-17)12-20-13-18(23-19(20)21)16-6-4-3-5-7-16/h3-11,14,18H,12-13H2,1-2H3. The largest absolute Gasteiger partial charge is 0.491 e. The first-order valence-electron chi connectivity index (χ1n) is 7.88. The lowest BCUT2D eigenvalue weighted by molar-refractivity contribution is 0.132. The van der Waals surface area contributed by atoms with E-state index in [-0.39, 0.29) is 18.3 Å². The Bertz CT molecular complexity index is 652. The van der Waals surface area contributed by atoms with Crippen LogP contribution in [0.1, 0.15) is 31.1 Å². The number of nitrogens with zero attached hydrogens (tertiary/aromatic N) is 1. The first kappa shape index (κ1) is 15.4. The van der Waals surface area contributed by atoms with Gasteiger partial charge in [0.15, 0.2) is 0 Å². The Morgan fingerprint density at radius 3 is 2.48 bits per heavy atom. The fourth-order valence-electron chi connectivity index (χ4n) is 2.64. The summed E-state index contributed by atoms with van der Waals surface area (Å²) in [5.41, 5.74) is 2.09. The Balaban J connectivity index is 1.63. The molecule has 0 N–H and O–H groups in total. The van der Waals surface area contributed by atoms with Crippen molar-refractivity contribution in [3.05, 3.63) is 65.7 Å². The zero-order chi connectivity index (χ0) is 16.2. The molecule has 1 atom stereocenters. The van der Waals surface area contributed by atoms with Gasteiger partial charge < -0.3 is 9.47 Å². The van der Waals surface area contributed by atoms with Crippen LogP contribution in [0.25, 0.3) is 0 Å². The number of carbonyl (C=O) groups is 1. The lowest BCUT2D eigenvalue weighted by atomic mass is 10.1. The maximum Gasteiger partial charge on any atom is 0.410 e. The molecule has 1 heterocycles. The summed E-state index contributed by atoms with van der Waals surface area (Å²) in [6.07, 6.45) is -0.297. The Morgan fingerprint density at radius 1 is 1.13 bits per heavy atom. The van der Waals surface area contributed by atoms with Gasteiger partial charge in [-0.3, -0.25) is 4.90 Å². The van der Waals surface area contributed by atoms with Crippen LogP contribution in [-0.4, -0.2) is 23.6 Å². The number of benzene rings is 2. The van der Waals surface area contributed by atoms with Crippen molar-refractivity contribution in [2.75, 3.05) is 6.54 Å². The molecule has 1 aliphatic rings. The van der Waals surface area contributed by atoms with E-state index in [0.717, 1.165) is 16.9 Å². The van der Waals surface area contributed by atoms with Gasteiger partial charge >= 0.3 is 6.09 Å². The van der Waals surface area contributed by atoms with E-state index in [0.29, 0.717) is 13.1 Å². The molecule has 0 aromatic heterocycles. The van der Waals surface area contributed by atoms with Crippen molar-refractivity contribution < 1.29 is 14.3 Å². The van der Waals surface area contributed by atoms with Crippen LogP contribution >= 0.6 is 0 Å². The molecule has 23 heavy (non-hydrogen) atoms. The minimum Gasteiger partial charge on any atom is -0.491 e. The molecule has 1 fully saturated rings. The summed E-state index contributed by atoms with van der Waals surface area (Å²) in [5.74, 6) is 0.843. The molecule has 0 bridgehead atoms. The Morgan fingerprint density at radius 2 is 1.83 bits per heavy atom. The predicted molar refractivity (Wildman–Crippen MR) is 88.3 cm³/mol. The van der Waals surface area contributed by atoms with Crippen molar-refractivity contribution >= 4 is 6.09 Å². The Hall–Kier alpha value is -2.49. The van der Waals surface area contributed by atoms with Gasteiger partial charge in [0, 0.05) is 6.54 Å². The van der Waals surface area contributed by atoms with E-state index in [1.165, 1.54) is 0 Å². The monoisotopic (exact) mass is 311 g/mol. The summed E-state index contributed by atoms with van der Waals surface area (Å²) in [4.78, 5) is 13.8. The van der Waals surface area contributed by atoms with Crippen LogP contribution < -0.4 is 4.74 Å². The summed E-state index contributed by atoms with van der Waals surface area (Å²) < 4.78 is 11.1. The third-order valence-corrected chi connectivity index (χ3v) is 3.73. The van der Waals surface area contributed by atoms with Crippen LogP contribution in [0.2, 0.25) is 0 Å². The number of carbonyl (C=O) groups excluding carboxylic acids is 1. The molecular formula is C19H21NO3. The second-order valence-corrected chi connectivity index (χ2v) is 5.97. The number of cyclic esters (lactones) is 1. The predicted octanol–water partition coefficient (Wildman–Crippen LogP) is 4.17. The minimum absolute atomic E-state index is 0.154. The highest BCUT2D eigenvalue weighted by Crippen LogP contribution is 2.27. The first-order valence-corrected chi connectivity index (χ1v) is 7.88. The van der Waals surface area contributed by atoms with Gasteiger partial charge in [0.1, 0.15) is 11.9 Å². The van der Waals surface area contributed by atoms with Gasteiger partial charge in [0.25, 0.3) is 0 Å². The third kappa shape index (κ3) is 3.83. The quantitative estimate of drug-likeness (QED) is 0.832. The Kier molecular flexibility index (Phi) is 4.51. The fraction of sp³-hybridized carbons (Fsp3) is 0.316. The van der Waals surface area contributed by atoms with Crippen LogP contribution in [0, 0.1) is 0 Å². The summed E-state index contributed by atoms with van der Waals surface area (Å²) in [6.45, 7) is 5.12. The molecule has 1 saturated heterocycles. The molecular weight excluding hydrogens is 290 g/mol. The molecule has 0 spiro atoms. The second-order valence-electron chi connectivity index (χ2n) is 5.97. The molecule has 120 valence electrons. The molecule has 0 radical (unpaired) electrons. The van der Waals surface area contributed by atoms with Crippen LogP contribution in [0.4, 0.5) is 4.79 Å². The smallest absolute Gasteiger partial charge is 0.410 e. The van der Waals surface area contributed by atoms with Crippen molar-refractivity contribution in [2.45, 2.75) is 32.6 Å². The molecule has 1 unspecified atom stereocenters. The van der Waals surface area contributed by atoms with Crippen LogP contribution in [0.3, 0.4) is 0 Å². The van der Waals surface area contributed by atoms with E-state index in [2.05, 4.69) is 0 Å². The highest BCUT2D eigenvalue weighted by molar-refractivity contribution is 5.70. The average molecular weight is 311 g/mol. The van der Waals surface area contributed by atoms with E-state index in [9.17, 15) is 4.79 Å². The molecule has 2 aromatic carbocycles. The van der Waals surface area contributed by atoms with Crippen molar-refractivity contribution in [3.8, 4) is 5.75 Å². The number of amides is 1. The maximum absolute atomic E-state index is 12.1. The summed E-state index contributed by atoms with van der Waals surface area (Å²) >= 11 is 0. The lowest BCUT2D eigenvalue weighted by Crippen LogP contribution is -2.23. The SMILES string of the molecule is CC(C)Oc1ccc(CN2CC(c3ccccc3)OC2=O)cc1. The van der Waals surface area contributed by atoms with Crippen LogP contribution in [0.15, 0.2) is 54.6 Å². The minimum atomic E-state index is -0.263. The highest BCUT2D eigenvalue weighted by atomic mass is 16.6. The number of hydrogen-bond acceptors (Lipinski definition) is 3. The highest BCUT2D eigenvalue weighted by Gasteiger charge is 2.32.